The van der Waals surface area contributed by atoms with Crippen molar-refractivity contribution >= 4 is 16.8 Å². The van der Waals surface area contributed by atoms with Crippen LogP contribution in [0.15, 0.2) is 48.9 Å². The van der Waals surface area contributed by atoms with Crippen LogP contribution < -0.4 is 0 Å². The summed E-state index contributed by atoms with van der Waals surface area (Å²) in [7, 11) is 1.94. The fourth-order valence-corrected chi connectivity index (χ4v) is 2.73. The van der Waals surface area contributed by atoms with Gasteiger partial charge in [0.25, 0.3) is 5.91 Å². The maximum absolute atomic E-state index is 13.3. The Kier molecular flexibility index (Phi) is 4.09. The predicted octanol–water partition coefficient (Wildman–Crippen LogP) is 3.41. The van der Waals surface area contributed by atoms with Crippen LogP contribution >= 0.6 is 0 Å². The third-order valence-electron chi connectivity index (χ3n) is 4.15. The Morgan fingerprint density at radius 1 is 1.12 bits per heavy atom. The number of benzene rings is 1. The molecular weight excluding hydrogens is 300 g/mol. The highest BCUT2D eigenvalue weighted by molar-refractivity contribution is 6.06. The summed E-state index contributed by atoms with van der Waals surface area (Å²) < 4.78 is 1.94. The summed E-state index contributed by atoms with van der Waals surface area (Å²) >= 11 is 0. The quantitative estimate of drug-likeness (QED) is 0.742. The summed E-state index contributed by atoms with van der Waals surface area (Å²) in [6, 6.07) is 9.52. The third kappa shape index (κ3) is 3.02. The fraction of sp³-hybridized carbons (Fsp3) is 0.316. The molecule has 0 radical (unpaired) electrons. The molecule has 24 heavy (non-hydrogen) atoms. The van der Waals surface area contributed by atoms with E-state index in [2.05, 4.69) is 9.97 Å². The van der Waals surface area contributed by atoms with Crippen LogP contribution in [0.4, 0.5) is 0 Å². The molecule has 0 aliphatic rings. The smallest absolute Gasteiger partial charge is 0.255 e. The Morgan fingerprint density at radius 3 is 2.54 bits per heavy atom. The highest BCUT2D eigenvalue weighted by Gasteiger charge is 2.29. The molecule has 0 fully saturated rings. The number of carbonyl (C=O) groups is 1. The molecule has 5 nitrogen and oxygen atoms in total. The molecule has 0 aliphatic heterocycles. The summed E-state index contributed by atoms with van der Waals surface area (Å²) in [5, 5.41) is 0.874. The van der Waals surface area contributed by atoms with Gasteiger partial charge in [0.1, 0.15) is 5.82 Å². The van der Waals surface area contributed by atoms with E-state index in [0.717, 1.165) is 16.7 Å². The molecule has 0 spiro atoms. The van der Waals surface area contributed by atoms with Crippen LogP contribution in [0.1, 0.15) is 37.0 Å². The molecule has 2 aromatic heterocycles. The molecule has 5 heteroatoms. The molecule has 0 aliphatic carbocycles. The molecule has 0 N–H and O–H groups in total. The Hall–Kier alpha value is -2.69. The van der Waals surface area contributed by atoms with E-state index < -0.39 is 0 Å². The summed E-state index contributed by atoms with van der Waals surface area (Å²) in [5.41, 5.74) is 1.17. The van der Waals surface area contributed by atoms with Crippen molar-refractivity contribution in [3.05, 3.63) is 60.3 Å². The first-order valence-electron chi connectivity index (χ1n) is 8.00. The largest absolute Gasteiger partial charge is 0.337 e. The molecule has 3 rings (SSSR count). The average Bonchev–Trinajstić information content (AvgIpc) is 2.95. The number of nitrogens with zero attached hydrogens (tertiary/aromatic N) is 4. The zero-order valence-corrected chi connectivity index (χ0v) is 14.5. The van der Waals surface area contributed by atoms with Gasteiger partial charge >= 0.3 is 0 Å². The standard InChI is InChI=1S/C19H22N4O/c1-19(2,3)23(13-17-21-11-12-22(17)4)18(24)15-9-10-20-16-8-6-5-7-14(15)16/h5-12H,13H2,1-4H3. The van der Waals surface area contributed by atoms with Crippen molar-refractivity contribution in [2.45, 2.75) is 32.9 Å². The lowest BCUT2D eigenvalue weighted by molar-refractivity contribution is 0.0551. The maximum Gasteiger partial charge on any atom is 0.255 e. The lowest BCUT2D eigenvalue weighted by Gasteiger charge is -2.35. The summed E-state index contributed by atoms with van der Waals surface area (Å²) in [6.45, 7) is 6.58. The first kappa shape index (κ1) is 16.2. The van der Waals surface area contributed by atoms with E-state index in [9.17, 15) is 4.79 Å². The maximum atomic E-state index is 13.3. The first-order chi connectivity index (χ1) is 11.4. The van der Waals surface area contributed by atoms with Gasteiger partial charge < -0.3 is 9.47 Å². The molecule has 0 bridgehead atoms. The highest BCUT2D eigenvalue weighted by Crippen LogP contribution is 2.24. The van der Waals surface area contributed by atoms with Gasteiger partial charge in [0.15, 0.2) is 0 Å². The minimum absolute atomic E-state index is 0.0101. The van der Waals surface area contributed by atoms with E-state index in [4.69, 9.17) is 0 Å². The van der Waals surface area contributed by atoms with Crippen molar-refractivity contribution in [3.63, 3.8) is 0 Å². The van der Waals surface area contributed by atoms with E-state index in [0.29, 0.717) is 12.1 Å². The number of pyridine rings is 1. The molecular formula is C19H22N4O. The van der Waals surface area contributed by atoms with Gasteiger partial charge in [0.2, 0.25) is 0 Å². The minimum atomic E-state index is -0.326. The lowest BCUT2D eigenvalue weighted by atomic mass is 10.0. The van der Waals surface area contributed by atoms with Gasteiger partial charge in [0.05, 0.1) is 17.6 Å². The van der Waals surface area contributed by atoms with Crippen LogP contribution in [0.5, 0.6) is 0 Å². The number of fused-ring (bicyclic) bond motifs is 1. The zero-order chi connectivity index (χ0) is 17.3. The second-order valence-electron chi connectivity index (χ2n) is 6.89. The van der Waals surface area contributed by atoms with Crippen molar-refractivity contribution in [2.24, 2.45) is 7.05 Å². The van der Waals surface area contributed by atoms with Gasteiger partial charge in [-0.3, -0.25) is 9.78 Å². The SMILES string of the molecule is Cn1ccnc1CN(C(=O)c1ccnc2ccccc12)C(C)(C)C. The van der Waals surface area contributed by atoms with Crippen LogP contribution in [0, 0.1) is 0 Å². The number of carbonyl (C=O) groups excluding carboxylic acids is 1. The monoisotopic (exact) mass is 322 g/mol. The number of amides is 1. The third-order valence-corrected chi connectivity index (χ3v) is 4.15. The normalized spacial score (nSPS) is 11.7. The summed E-state index contributed by atoms with van der Waals surface area (Å²) in [6.07, 6.45) is 5.34. The van der Waals surface area contributed by atoms with E-state index in [1.807, 2.05) is 67.7 Å². The molecule has 2 heterocycles. The van der Waals surface area contributed by atoms with Crippen LogP contribution in [0.3, 0.4) is 0 Å². The van der Waals surface area contributed by atoms with Crippen molar-refractivity contribution in [1.29, 1.82) is 0 Å². The molecule has 1 aromatic carbocycles. The Morgan fingerprint density at radius 2 is 1.88 bits per heavy atom. The zero-order valence-electron chi connectivity index (χ0n) is 14.5. The van der Waals surface area contributed by atoms with E-state index in [-0.39, 0.29) is 11.4 Å². The highest BCUT2D eigenvalue weighted by atomic mass is 16.2. The van der Waals surface area contributed by atoms with E-state index >= 15 is 0 Å². The number of para-hydroxylation sites is 1. The van der Waals surface area contributed by atoms with Gasteiger partial charge in [-0.25, -0.2) is 4.98 Å². The van der Waals surface area contributed by atoms with Gasteiger partial charge in [-0.15, -0.1) is 0 Å². The first-order valence-corrected chi connectivity index (χ1v) is 8.00. The van der Waals surface area contributed by atoms with Gasteiger partial charge in [-0.1, -0.05) is 18.2 Å². The molecule has 0 saturated heterocycles. The van der Waals surface area contributed by atoms with Crippen LogP contribution in [-0.4, -0.2) is 30.9 Å². The van der Waals surface area contributed by atoms with Crippen molar-refractivity contribution in [3.8, 4) is 0 Å². The number of aryl methyl sites for hydroxylation is 1. The summed E-state index contributed by atoms with van der Waals surface area (Å²) in [5.74, 6) is 0.848. The molecule has 0 atom stereocenters. The van der Waals surface area contributed by atoms with Crippen LogP contribution in [-0.2, 0) is 13.6 Å². The number of aromatic nitrogens is 3. The molecule has 124 valence electrons. The number of rotatable bonds is 3. The average molecular weight is 322 g/mol. The van der Waals surface area contributed by atoms with Gasteiger partial charge in [-0.2, -0.15) is 0 Å². The number of hydrogen-bond acceptors (Lipinski definition) is 3. The fourth-order valence-electron chi connectivity index (χ4n) is 2.73. The predicted molar refractivity (Wildman–Crippen MR) is 94.6 cm³/mol. The second kappa shape index (κ2) is 6.07. The van der Waals surface area contributed by atoms with Crippen LogP contribution in [0.25, 0.3) is 10.9 Å². The molecule has 0 unspecified atom stereocenters. The number of imidazole rings is 1. The Bertz CT molecular complexity index is 871. The van der Waals surface area contributed by atoms with Crippen LogP contribution in [0.2, 0.25) is 0 Å². The minimum Gasteiger partial charge on any atom is -0.337 e. The molecule has 0 saturated carbocycles. The Labute approximate surface area is 142 Å². The topological polar surface area (TPSA) is 51.0 Å². The molecule has 1 amide bonds. The molecule has 3 aromatic rings. The Balaban J connectivity index is 2.04. The lowest BCUT2D eigenvalue weighted by Crippen LogP contribution is -2.45. The van der Waals surface area contributed by atoms with Crippen molar-refractivity contribution < 1.29 is 4.79 Å². The van der Waals surface area contributed by atoms with Gasteiger partial charge in [0, 0.05) is 36.6 Å². The van der Waals surface area contributed by atoms with E-state index in [1.165, 1.54) is 0 Å². The second-order valence-corrected chi connectivity index (χ2v) is 6.89. The number of hydrogen-bond donors (Lipinski definition) is 0. The van der Waals surface area contributed by atoms with Gasteiger partial charge in [-0.05, 0) is 32.9 Å². The van der Waals surface area contributed by atoms with Crippen molar-refractivity contribution in [2.75, 3.05) is 0 Å². The van der Waals surface area contributed by atoms with E-state index in [1.54, 1.807) is 18.5 Å². The van der Waals surface area contributed by atoms with Crippen molar-refractivity contribution in [1.82, 2.24) is 19.4 Å². The summed E-state index contributed by atoms with van der Waals surface area (Å²) in [4.78, 5) is 23.9.